The Kier molecular flexibility index (Phi) is 4.44. The maximum atomic E-state index is 12.7. The van der Waals surface area contributed by atoms with E-state index in [9.17, 15) is 9.18 Å². The van der Waals surface area contributed by atoms with Crippen LogP contribution in [0.2, 0.25) is 0 Å². The molecule has 0 radical (unpaired) electrons. The van der Waals surface area contributed by atoms with Crippen LogP contribution in [0.1, 0.15) is 18.9 Å². The van der Waals surface area contributed by atoms with E-state index in [1.165, 1.54) is 12.1 Å². The second-order valence-corrected chi connectivity index (χ2v) is 3.07. The molecule has 1 N–H and O–H groups in total. The maximum absolute atomic E-state index is 12.7. The van der Waals surface area contributed by atoms with E-state index >= 15 is 0 Å². The molecule has 0 saturated carbocycles. The summed E-state index contributed by atoms with van der Waals surface area (Å²) in [6.45, 7) is 1.37. The highest BCUT2D eigenvalue weighted by atomic mass is 19.1. The van der Waals surface area contributed by atoms with Gasteiger partial charge in [0, 0.05) is 0 Å². The topological polar surface area (TPSA) is 58.9 Å². The average Bonchev–Trinajstić information content (AvgIpc) is 2.26. The third-order valence-electron chi connectivity index (χ3n) is 1.88. The summed E-state index contributed by atoms with van der Waals surface area (Å²) < 4.78 is 12.7. The van der Waals surface area contributed by atoms with Gasteiger partial charge in [0.15, 0.2) is 0 Å². The van der Waals surface area contributed by atoms with E-state index in [4.69, 9.17) is 5.11 Å². The summed E-state index contributed by atoms with van der Waals surface area (Å²) in [7, 11) is 0. The molecule has 86 valence electrons. The van der Waals surface area contributed by atoms with Crippen molar-refractivity contribution in [1.29, 1.82) is 0 Å². The van der Waals surface area contributed by atoms with Crippen molar-refractivity contribution < 1.29 is 19.1 Å². The Morgan fingerprint density at radius 1 is 1.44 bits per heavy atom. The van der Waals surface area contributed by atoms with E-state index in [-0.39, 0.29) is 5.82 Å². The van der Waals surface area contributed by atoms with Crippen LogP contribution in [0.4, 0.5) is 4.39 Å². The minimum absolute atomic E-state index is 0.328. The number of halogens is 1. The lowest BCUT2D eigenvalue weighted by Crippen LogP contribution is -2.06. The Morgan fingerprint density at radius 2 is 2.06 bits per heavy atom. The third-order valence-corrected chi connectivity index (χ3v) is 1.88. The molecule has 0 unspecified atom stereocenters. The lowest BCUT2D eigenvalue weighted by atomic mass is 10.1. The highest BCUT2D eigenvalue weighted by molar-refractivity contribution is 6.00. The summed E-state index contributed by atoms with van der Waals surface area (Å²) in [5.41, 5.74) is 1.30. The molecule has 0 heterocycles. The lowest BCUT2D eigenvalue weighted by Gasteiger charge is -2.03. The number of oxime groups is 1. The number of rotatable bonds is 5. The molecular formula is C11H12FNO3. The van der Waals surface area contributed by atoms with Gasteiger partial charge in [-0.3, -0.25) is 0 Å². The van der Waals surface area contributed by atoms with Crippen molar-refractivity contribution in [1.82, 2.24) is 0 Å². The van der Waals surface area contributed by atoms with E-state index in [2.05, 4.69) is 9.99 Å². The molecule has 0 spiro atoms. The summed E-state index contributed by atoms with van der Waals surface area (Å²) >= 11 is 0. The summed E-state index contributed by atoms with van der Waals surface area (Å²) in [6, 6.07) is 5.78. The Morgan fingerprint density at radius 3 is 2.56 bits per heavy atom. The molecular weight excluding hydrogens is 213 g/mol. The number of aliphatic carboxylic acids is 1. The largest absolute Gasteiger partial charge is 0.479 e. The molecule has 0 aromatic heterocycles. The van der Waals surface area contributed by atoms with Crippen molar-refractivity contribution in [2.75, 3.05) is 6.61 Å². The van der Waals surface area contributed by atoms with Crippen molar-refractivity contribution in [2.45, 2.75) is 13.3 Å². The molecule has 0 aliphatic rings. The number of carboxylic acids is 1. The van der Waals surface area contributed by atoms with Gasteiger partial charge in [-0.1, -0.05) is 24.2 Å². The minimum atomic E-state index is -1.08. The maximum Gasteiger partial charge on any atom is 0.344 e. The number of carbonyl (C=O) groups is 1. The summed E-state index contributed by atoms with van der Waals surface area (Å²) in [6.07, 6.45) is 0.575. The fourth-order valence-electron chi connectivity index (χ4n) is 1.13. The second kappa shape index (κ2) is 5.85. The number of nitrogens with zero attached hydrogens (tertiary/aromatic N) is 1. The van der Waals surface area contributed by atoms with Gasteiger partial charge in [-0.2, -0.15) is 0 Å². The predicted molar refractivity (Wildman–Crippen MR) is 56.8 cm³/mol. The number of hydrogen-bond donors (Lipinski definition) is 1. The van der Waals surface area contributed by atoms with Gasteiger partial charge in [0.1, 0.15) is 5.82 Å². The normalized spacial score (nSPS) is 11.2. The highest BCUT2D eigenvalue weighted by Crippen LogP contribution is 2.07. The monoisotopic (exact) mass is 225 g/mol. The average molecular weight is 225 g/mol. The highest BCUT2D eigenvalue weighted by Gasteiger charge is 2.03. The second-order valence-electron chi connectivity index (χ2n) is 3.07. The summed E-state index contributed by atoms with van der Waals surface area (Å²) in [5.74, 6) is -1.41. The molecule has 1 aromatic carbocycles. The summed E-state index contributed by atoms with van der Waals surface area (Å²) in [4.78, 5) is 14.8. The van der Waals surface area contributed by atoms with Gasteiger partial charge in [-0.15, -0.1) is 0 Å². The lowest BCUT2D eigenvalue weighted by molar-refractivity contribution is -0.142. The zero-order valence-corrected chi connectivity index (χ0v) is 8.81. The number of carboxylic acid groups (broad SMARTS) is 1. The van der Waals surface area contributed by atoms with Crippen molar-refractivity contribution in [3.05, 3.63) is 35.6 Å². The van der Waals surface area contributed by atoms with Gasteiger partial charge < -0.3 is 9.94 Å². The van der Waals surface area contributed by atoms with Gasteiger partial charge in [-0.25, -0.2) is 9.18 Å². The smallest absolute Gasteiger partial charge is 0.344 e. The van der Waals surface area contributed by atoms with Gasteiger partial charge in [0.05, 0.1) is 5.71 Å². The van der Waals surface area contributed by atoms with Crippen LogP contribution in [0.5, 0.6) is 0 Å². The zero-order valence-electron chi connectivity index (χ0n) is 8.81. The SMILES string of the molecule is CCC(=NOCC(=O)O)c1ccc(F)cc1. The van der Waals surface area contributed by atoms with Crippen LogP contribution >= 0.6 is 0 Å². The van der Waals surface area contributed by atoms with Crippen LogP contribution in [0, 0.1) is 5.82 Å². The van der Waals surface area contributed by atoms with Crippen LogP contribution in [-0.4, -0.2) is 23.4 Å². The zero-order chi connectivity index (χ0) is 12.0. The van der Waals surface area contributed by atoms with Gasteiger partial charge in [-0.05, 0) is 24.1 Å². The van der Waals surface area contributed by atoms with E-state index in [0.717, 1.165) is 0 Å². The molecule has 0 aliphatic heterocycles. The minimum Gasteiger partial charge on any atom is -0.479 e. The molecule has 1 aromatic rings. The summed E-state index contributed by atoms with van der Waals surface area (Å²) in [5, 5.41) is 12.1. The predicted octanol–water partition coefficient (Wildman–Crippen LogP) is 2.04. The quantitative estimate of drug-likeness (QED) is 0.616. The van der Waals surface area contributed by atoms with Crippen LogP contribution in [-0.2, 0) is 9.63 Å². The standard InChI is InChI=1S/C11H12FNO3/c1-2-10(13-16-7-11(14)15)8-3-5-9(12)6-4-8/h3-6H,2,7H2,1H3,(H,14,15). The molecule has 0 amide bonds. The van der Waals surface area contributed by atoms with Crippen molar-refractivity contribution in [2.24, 2.45) is 5.16 Å². The molecule has 0 aliphatic carbocycles. The molecule has 0 saturated heterocycles. The first-order chi connectivity index (χ1) is 7.63. The van der Waals surface area contributed by atoms with E-state index < -0.39 is 12.6 Å². The Bertz CT molecular complexity index is 387. The first-order valence-corrected chi connectivity index (χ1v) is 4.80. The van der Waals surface area contributed by atoms with Crippen molar-refractivity contribution in [3.63, 3.8) is 0 Å². The molecule has 0 bridgehead atoms. The molecule has 0 fully saturated rings. The van der Waals surface area contributed by atoms with Gasteiger partial charge in [0.25, 0.3) is 0 Å². The molecule has 0 atom stereocenters. The van der Waals surface area contributed by atoms with Gasteiger partial charge >= 0.3 is 5.97 Å². The fourth-order valence-corrected chi connectivity index (χ4v) is 1.13. The van der Waals surface area contributed by atoms with Crippen molar-refractivity contribution >= 4 is 11.7 Å². The molecule has 4 nitrogen and oxygen atoms in total. The Balaban J connectivity index is 2.73. The Labute approximate surface area is 92.3 Å². The Hall–Kier alpha value is -1.91. The number of benzene rings is 1. The first-order valence-electron chi connectivity index (χ1n) is 4.80. The third kappa shape index (κ3) is 3.68. The van der Waals surface area contributed by atoms with Gasteiger partial charge in [0.2, 0.25) is 6.61 Å². The fraction of sp³-hybridized carbons (Fsp3) is 0.273. The first kappa shape index (κ1) is 12.2. The molecule has 16 heavy (non-hydrogen) atoms. The van der Waals surface area contributed by atoms with E-state index in [0.29, 0.717) is 17.7 Å². The van der Waals surface area contributed by atoms with Crippen LogP contribution in [0.15, 0.2) is 29.4 Å². The number of hydrogen-bond acceptors (Lipinski definition) is 3. The van der Waals surface area contributed by atoms with Crippen LogP contribution < -0.4 is 0 Å². The van der Waals surface area contributed by atoms with Crippen LogP contribution in [0.3, 0.4) is 0 Å². The molecule has 5 heteroatoms. The molecule has 1 rings (SSSR count). The van der Waals surface area contributed by atoms with Crippen LogP contribution in [0.25, 0.3) is 0 Å². The van der Waals surface area contributed by atoms with E-state index in [1.807, 2.05) is 6.92 Å². The van der Waals surface area contributed by atoms with Crippen molar-refractivity contribution in [3.8, 4) is 0 Å². The van der Waals surface area contributed by atoms with E-state index in [1.54, 1.807) is 12.1 Å².